The highest BCUT2D eigenvalue weighted by Crippen LogP contribution is 2.50. The van der Waals surface area contributed by atoms with E-state index in [1.54, 1.807) is 31.3 Å². The minimum Gasteiger partial charge on any atom is -0.493 e. The fourth-order valence-corrected chi connectivity index (χ4v) is 6.38. The summed E-state index contributed by atoms with van der Waals surface area (Å²) in [5, 5.41) is 6.31. The number of ether oxygens (including phenoxy) is 4. The molecule has 0 spiro atoms. The van der Waals surface area contributed by atoms with Crippen molar-refractivity contribution in [2.75, 3.05) is 46.8 Å². The molecule has 1 saturated heterocycles. The molecule has 1 aliphatic heterocycles. The van der Waals surface area contributed by atoms with Crippen molar-refractivity contribution in [3.8, 4) is 28.4 Å². The summed E-state index contributed by atoms with van der Waals surface area (Å²) in [6.07, 6.45) is 2.91. The van der Waals surface area contributed by atoms with Gasteiger partial charge in [-0.1, -0.05) is 26.3 Å². The number of nitrogens with zero attached hydrogens (tertiary/aromatic N) is 1. The summed E-state index contributed by atoms with van der Waals surface area (Å²) in [5.41, 5.74) is 3.00. The number of aryl methyl sites for hydroxylation is 1. The zero-order valence-corrected chi connectivity index (χ0v) is 27.3. The second-order valence-corrected chi connectivity index (χ2v) is 11.7. The highest BCUT2D eigenvalue weighted by molar-refractivity contribution is 5.86. The van der Waals surface area contributed by atoms with Crippen LogP contribution in [0.3, 0.4) is 0 Å². The SMILES string of the molecule is CCC(C)C(Nc1ccc2c(cc1=O)C(NC(C)=O)CCc1cc(OC)c(OC)c(OC)c1-2)C(=O)N1CCC(C(=O)OC)CC1. The van der Waals surface area contributed by atoms with E-state index in [0.717, 1.165) is 11.1 Å². The van der Waals surface area contributed by atoms with Crippen molar-refractivity contribution in [2.45, 2.75) is 65.0 Å². The van der Waals surface area contributed by atoms with E-state index in [-0.39, 0.29) is 40.7 Å². The monoisotopic (exact) mass is 623 g/mol. The molecule has 2 aromatic carbocycles. The zero-order valence-electron chi connectivity index (χ0n) is 27.3. The summed E-state index contributed by atoms with van der Waals surface area (Å²) in [6, 6.07) is 5.89. The maximum atomic E-state index is 13.9. The Morgan fingerprint density at radius 1 is 0.978 bits per heavy atom. The van der Waals surface area contributed by atoms with Crippen LogP contribution in [-0.2, 0) is 25.5 Å². The average molecular weight is 624 g/mol. The van der Waals surface area contributed by atoms with E-state index in [9.17, 15) is 19.2 Å². The molecule has 2 amide bonds. The molecule has 2 N–H and O–H groups in total. The predicted molar refractivity (Wildman–Crippen MR) is 171 cm³/mol. The van der Waals surface area contributed by atoms with Gasteiger partial charge in [-0.05, 0) is 66.5 Å². The third kappa shape index (κ3) is 7.02. The number of amides is 2. The lowest BCUT2D eigenvalue weighted by atomic mass is 9.93. The van der Waals surface area contributed by atoms with Crippen LogP contribution < -0.4 is 30.3 Å². The standard InChI is InChI=1S/C34H45N3O8/c1-8-19(2)30(33(40)37-15-13-21(14-16-37)34(41)45-7)36-26-12-10-23-24(18-27(26)39)25(35-20(3)38)11-9-22-17-28(42-4)31(43-5)32(44-6)29(22)23/h10,12,17-19,21,25,30H,8-9,11,13-16H2,1-7H3,(H,35,38)(H,36,39). The minimum atomic E-state index is -0.656. The topological polar surface area (TPSA) is 132 Å². The molecule has 2 aromatic rings. The number of benzene rings is 1. The Balaban J connectivity index is 1.80. The quantitative estimate of drug-likeness (QED) is 0.376. The molecule has 1 heterocycles. The van der Waals surface area contributed by atoms with E-state index in [1.807, 2.05) is 26.0 Å². The summed E-state index contributed by atoms with van der Waals surface area (Å²) >= 11 is 0. The summed E-state index contributed by atoms with van der Waals surface area (Å²) in [7, 11) is 6.03. The van der Waals surface area contributed by atoms with Crippen LogP contribution in [0.25, 0.3) is 11.1 Å². The third-order valence-corrected chi connectivity index (χ3v) is 9.05. The molecule has 244 valence electrons. The molecule has 0 saturated carbocycles. The molecule has 3 atom stereocenters. The van der Waals surface area contributed by atoms with Crippen LogP contribution in [-0.4, -0.2) is 70.3 Å². The van der Waals surface area contributed by atoms with Crippen molar-refractivity contribution in [3.63, 3.8) is 0 Å². The van der Waals surface area contributed by atoms with E-state index in [1.165, 1.54) is 21.1 Å². The maximum absolute atomic E-state index is 13.9. The Labute approximate surface area is 264 Å². The number of methoxy groups -OCH3 is 4. The number of fused-ring (bicyclic) bond motifs is 3. The van der Waals surface area contributed by atoms with Gasteiger partial charge in [0.15, 0.2) is 11.5 Å². The first-order valence-electron chi connectivity index (χ1n) is 15.5. The minimum absolute atomic E-state index is 0.0803. The fourth-order valence-electron chi connectivity index (χ4n) is 6.38. The second kappa shape index (κ2) is 14.7. The van der Waals surface area contributed by atoms with E-state index < -0.39 is 12.1 Å². The van der Waals surface area contributed by atoms with Gasteiger partial charge in [0.05, 0.1) is 46.1 Å². The molecule has 2 aliphatic rings. The van der Waals surface area contributed by atoms with Crippen LogP contribution in [0, 0.1) is 11.8 Å². The number of hydrogen-bond acceptors (Lipinski definition) is 9. The highest BCUT2D eigenvalue weighted by atomic mass is 16.5. The van der Waals surface area contributed by atoms with Gasteiger partial charge in [-0.25, -0.2) is 0 Å². The number of carbonyl (C=O) groups excluding carboxylic acids is 3. The largest absolute Gasteiger partial charge is 0.493 e. The molecular weight excluding hydrogens is 578 g/mol. The van der Waals surface area contributed by atoms with Gasteiger partial charge in [0, 0.05) is 25.6 Å². The number of nitrogens with one attached hydrogen (secondary N) is 2. The number of esters is 1. The predicted octanol–water partition coefficient (Wildman–Crippen LogP) is 4.10. The summed E-state index contributed by atoms with van der Waals surface area (Å²) in [6.45, 7) is 6.31. The molecule has 0 bridgehead atoms. The van der Waals surface area contributed by atoms with Gasteiger partial charge in [0.2, 0.25) is 23.0 Å². The van der Waals surface area contributed by atoms with Gasteiger partial charge in [-0.2, -0.15) is 0 Å². The summed E-state index contributed by atoms with van der Waals surface area (Å²) < 4.78 is 22.0. The zero-order chi connectivity index (χ0) is 32.8. The van der Waals surface area contributed by atoms with Gasteiger partial charge in [0.25, 0.3) is 0 Å². The van der Waals surface area contributed by atoms with Crippen LogP contribution in [0.5, 0.6) is 17.2 Å². The molecular formula is C34H45N3O8. The maximum Gasteiger partial charge on any atom is 0.308 e. The molecule has 3 unspecified atom stereocenters. The lowest BCUT2D eigenvalue weighted by molar-refractivity contribution is -0.149. The Hall–Kier alpha value is -4.28. The van der Waals surface area contributed by atoms with Crippen molar-refractivity contribution in [1.82, 2.24) is 10.2 Å². The first kappa shape index (κ1) is 33.6. The van der Waals surface area contributed by atoms with Crippen molar-refractivity contribution < 1.29 is 33.3 Å². The van der Waals surface area contributed by atoms with Crippen LogP contribution in [0.4, 0.5) is 5.69 Å². The van der Waals surface area contributed by atoms with Crippen molar-refractivity contribution in [1.29, 1.82) is 0 Å². The molecule has 11 heteroatoms. The lowest BCUT2D eigenvalue weighted by Crippen LogP contribution is -2.50. The Morgan fingerprint density at radius 3 is 2.24 bits per heavy atom. The highest BCUT2D eigenvalue weighted by Gasteiger charge is 2.34. The Morgan fingerprint density at radius 2 is 1.67 bits per heavy atom. The molecule has 4 rings (SSSR count). The number of likely N-dealkylation sites (tertiary alicyclic amines) is 1. The van der Waals surface area contributed by atoms with Crippen molar-refractivity contribution in [3.05, 3.63) is 45.6 Å². The normalized spacial score (nSPS) is 17.5. The molecule has 11 nitrogen and oxygen atoms in total. The third-order valence-electron chi connectivity index (χ3n) is 9.05. The van der Waals surface area contributed by atoms with Gasteiger partial charge in [0.1, 0.15) is 6.04 Å². The molecule has 45 heavy (non-hydrogen) atoms. The van der Waals surface area contributed by atoms with Crippen molar-refractivity contribution in [2.24, 2.45) is 11.8 Å². The Bertz CT molecular complexity index is 1480. The summed E-state index contributed by atoms with van der Waals surface area (Å²) in [4.78, 5) is 53.8. The lowest BCUT2D eigenvalue weighted by Gasteiger charge is -2.35. The number of hydrogen-bond donors (Lipinski definition) is 2. The van der Waals surface area contributed by atoms with Crippen LogP contribution in [0.15, 0.2) is 29.1 Å². The number of piperidine rings is 1. The first-order valence-corrected chi connectivity index (χ1v) is 15.5. The average Bonchev–Trinajstić information content (AvgIpc) is 3.29. The number of rotatable bonds is 10. The first-order chi connectivity index (χ1) is 21.6. The van der Waals surface area contributed by atoms with Crippen LogP contribution in [0.2, 0.25) is 0 Å². The molecule has 0 radical (unpaired) electrons. The van der Waals surface area contributed by atoms with E-state index >= 15 is 0 Å². The van der Waals surface area contributed by atoms with Crippen LogP contribution in [0.1, 0.15) is 63.6 Å². The van der Waals surface area contributed by atoms with Gasteiger partial charge in [-0.3, -0.25) is 19.2 Å². The number of carbonyl (C=O) groups is 3. The summed E-state index contributed by atoms with van der Waals surface area (Å²) in [5.74, 6) is 0.531. The second-order valence-electron chi connectivity index (χ2n) is 11.7. The van der Waals surface area contributed by atoms with E-state index in [2.05, 4.69) is 10.6 Å². The van der Waals surface area contributed by atoms with Gasteiger partial charge < -0.3 is 34.5 Å². The fraction of sp³-hybridized carbons (Fsp3) is 0.529. The number of anilines is 1. The van der Waals surface area contributed by atoms with E-state index in [0.29, 0.717) is 73.6 Å². The molecule has 1 fully saturated rings. The Kier molecular flexibility index (Phi) is 11.0. The molecule has 0 aromatic heterocycles. The van der Waals surface area contributed by atoms with Gasteiger partial charge >= 0.3 is 5.97 Å². The van der Waals surface area contributed by atoms with Crippen LogP contribution >= 0.6 is 0 Å². The van der Waals surface area contributed by atoms with Gasteiger partial charge in [-0.15, -0.1) is 0 Å². The molecule has 1 aliphatic carbocycles. The van der Waals surface area contributed by atoms with Crippen molar-refractivity contribution >= 4 is 23.5 Å². The van der Waals surface area contributed by atoms with E-state index in [4.69, 9.17) is 18.9 Å². The smallest absolute Gasteiger partial charge is 0.308 e.